The van der Waals surface area contributed by atoms with E-state index in [0.717, 1.165) is 19.1 Å². The monoisotopic (exact) mass is 204 g/mol. The van der Waals surface area contributed by atoms with Gasteiger partial charge in [0.05, 0.1) is 0 Å². The van der Waals surface area contributed by atoms with Crippen LogP contribution in [-0.4, -0.2) is 6.29 Å². The van der Waals surface area contributed by atoms with Crippen LogP contribution in [0, 0.1) is 6.92 Å². The molecule has 0 spiro atoms. The van der Waals surface area contributed by atoms with Gasteiger partial charge in [-0.3, -0.25) is 0 Å². The fourth-order valence-electron chi connectivity index (χ4n) is 1.86. The van der Waals surface area contributed by atoms with Gasteiger partial charge in [0.15, 0.2) is 0 Å². The molecular formula is C14H20O. The van der Waals surface area contributed by atoms with Crippen LogP contribution < -0.4 is 0 Å². The van der Waals surface area contributed by atoms with Gasteiger partial charge < -0.3 is 4.79 Å². The predicted octanol–water partition coefficient (Wildman–Crippen LogP) is 3.64. The Bertz CT molecular complexity index is 313. The molecule has 0 saturated heterocycles. The van der Waals surface area contributed by atoms with Crippen molar-refractivity contribution in [3.05, 3.63) is 35.4 Å². The largest absolute Gasteiger partial charge is 0.303 e. The van der Waals surface area contributed by atoms with Gasteiger partial charge in [-0.25, -0.2) is 0 Å². The summed E-state index contributed by atoms with van der Waals surface area (Å²) < 4.78 is 0. The van der Waals surface area contributed by atoms with Crippen molar-refractivity contribution in [3.8, 4) is 0 Å². The van der Waals surface area contributed by atoms with E-state index in [1.54, 1.807) is 0 Å². The summed E-state index contributed by atoms with van der Waals surface area (Å²) >= 11 is 0. The van der Waals surface area contributed by atoms with Gasteiger partial charge in [-0.05, 0) is 30.7 Å². The fraction of sp³-hybridized carbons (Fsp3) is 0.500. The van der Waals surface area contributed by atoms with Crippen LogP contribution in [0.2, 0.25) is 0 Å². The van der Waals surface area contributed by atoms with E-state index in [2.05, 4.69) is 45.0 Å². The van der Waals surface area contributed by atoms with Gasteiger partial charge >= 0.3 is 0 Å². The topological polar surface area (TPSA) is 17.1 Å². The summed E-state index contributed by atoms with van der Waals surface area (Å²) in [6.45, 7) is 6.52. The molecule has 1 atom stereocenters. The van der Waals surface area contributed by atoms with Crippen LogP contribution >= 0.6 is 0 Å². The van der Waals surface area contributed by atoms with Gasteiger partial charge in [0.2, 0.25) is 0 Å². The Morgan fingerprint density at radius 2 is 1.87 bits per heavy atom. The van der Waals surface area contributed by atoms with E-state index < -0.39 is 0 Å². The van der Waals surface area contributed by atoms with Gasteiger partial charge in [-0.15, -0.1) is 0 Å². The molecule has 1 heteroatoms. The summed E-state index contributed by atoms with van der Waals surface area (Å²) in [4.78, 5) is 10.5. The second kappa shape index (κ2) is 5.11. The number of benzene rings is 1. The molecule has 0 radical (unpaired) electrons. The number of aryl methyl sites for hydroxylation is 1. The highest BCUT2D eigenvalue weighted by Crippen LogP contribution is 2.32. The minimum Gasteiger partial charge on any atom is -0.303 e. The third kappa shape index (κ3) is 2.92. The lowest BCUT2D eigenvalue weighted by molar-refractivity contribution is -0.108. The molecule has 15 heavy (non-hydrogen) atoms. The van der Waals surface area contributed by atoms with Crippen molar-refractivity contribution in [2.75, 3.05) is 0 Å². The van der Waals surface area contributed by atoms with Gasteiger partial charge in [0.1, 0.15) is 6.29 Å². The molecular weight excluding hydrogens is 184 g/mol. The van der Waals surface area contributed by atoms with Crippen LogP contribution in [0.5, 0.6) is 0 Å². The lowest BCUT2D eigenvalue weighted by Crippen LogP contribution is -2.20. The van der Waals surface area contributed by atoms with Crippen LogP contribution in [0.4, 0.5) is 0 Å². The van der Waals surface area contributed by atoms with Crippen LogP contribution in [0.15, 0.2) is 24.3 Å². The second-order valence-electron chi connectivity index (χ2n) is 4.49. The lowest BCUT2D eigenvalue weighted by atomic mass is 9.76. The third-order valence-electron chi connectivity index (χ3n) is 3.34. The number of carbonyl (C=O) groups is 1. The minimum atomic E-state index is 0.147. The molecule has 0 bridgehead atoms. The van der Waals surface area contributed by atoms with E-state index >= 15 is 0 Å². The van der Waals surface area contributed by atoms with Crippen molar-refractivity contribution < 1.29 is 4.79 Å². The number of carbonyl (C=O) groups excluding carboxylic acids is 1. The highest BCUT2D eigenvalue weighted by Gasteiger charge is 2.23. The Kier molecular flexibility index (Phi) is 4.07. The average Bonchev–Trinajstić information content (AvgIpc) is 2.27. The zero-order chi connectivity index (χ0) is 11.3. The molecule has 1 aromatic rings. The first kappa shape index (κ1) is 12.0. The fourth-order valence-corrected chi connectivity index (χ4v) is 1.86. The Hall–Kier alpha value is -1.11. The van der Waals surface area contributed by atoms with E-state index in [0.29, 0.717) is 6.42 Å². The maximum atomic E-state index is 10.5. The summed E-state index contributed by atoms with van der Waals surface area (Å²) in [6.07, 6.45) is 3.68. The standard InChI is InChI=1S/C14H20O/c1-4-14(3,10-5-11-15)13-8-6-12(2)7-9-13/h6-9,11H,4-5,10H2,1-3H3/t14-/m1/s1. The highest BCUT2D eigenvalue weighted by atomic mass is 16.1. The van der Waals surface area contributed by atoms with Crippen molar-refractivity contribution in [1.82, 2.24) is 0 Å². The van der Waals surface area contributed by atoms with E-state index in [1.165, 1.54) is 11.1 Å². The summed E-state index contributed by atoms with van der Waals surface area (Å²) in [6, 6.07) is 8.65. The molecule has 0 aliphatic carbocycles. The molecule has 82 valence electrons. The third-order valence-corrected chi connectivity index (χ3v) is 3.34. The van der Waals surface area contributed by atoms with E-state index in [4.69, 9.17) is 0 Å². The van der Waals surface area contributed by atoms with E-state index in [-0.39, 0.29) is 5.41 Å². The van der Waals surface area contributed by atoms with Crippen molar-refractivity contribution in [2.24, 2.45) is 0 Å². The zero-order valence-electron chi connectivity index (χ0n) is 9.92. The molecule has 1 aromatic carbocycles. The van der Waals surface area contributed by atoms with E-state index in [9.17, 15) is 4.79 Å². The van der Waals surface area contributed by atoms with Gasteiger partial charge in [0, 0.05) is 6.42 Å². The van der Waals surface area contributed by atoms with Crippen molar-refractivity contribution in [1.29, 1.82) is 0 Å². The summed E-state index contributed by atoms with van der Waals surface area (Å²) in [7, 11) is 0. The average molecular weight is 204 g/mol. The van der Waals surface area contributed by atoms with Gasteiger partial charge in [-0.2, -0.15) is 0 Å². The van der Waals surface area contributed by atoms with Crippen molar-refractivity contribution in [3.63, 3.8) is 0 Å². The molecule has 0 aromatic heterocycles. The number of aldehydes is 1. The summed E-state index contributed by atoms with van der Waals surface area (Å²) in [5.41, 5.74) is 2.78. The molecule has 0 unspecified atom stereocenters. The smallest absolute Gasteiger partial charge is 0.120 e. The van der Waals surface area contributed by atoms with Crippen molar-refractivity contribution >= 4 is 6.29 Å². The number of rotatable bonds is 5. The molecule has 0 heterocycles. The molecule has 0 aliphatic rings. The number of hydrogen-bond donors (Lipinski definition) is 0. The van der Waals surface area contributed by atoms with Crippen LogP contribution in [0.1, 0.15) is 44.2 Å². The van der Waals surface area contributed by atoms with Crippen LogP contribution in [0.25, 0.3) is 0 Å². The molecule has 1 rings (SSSR count). The number of hydrogen-bond acceptors (Lipinski definition) is 1. The Morgan fingerprint density at radius 1 is 1.27 bits per heavy atom. The van der Waals surface area contributed by atoms with Gasteiger partial charge in [0.25, 0.3) is 0 Å². The molecule has 0 saturated carbocycles. The first-order chi connectivity index (χ1) is 7.12. The molecule has 0 aliphatic heterocycles. The summed E-state index contributed by atoms with van der Waals surface area (Å²) in [5, 5.41) is 0. The zero-order valence-corrected chi connectivity index (χ0v) is 9.92. The summed E-state index contributed by atoms with van der Waals surface area (Å²) in [5.74, 6) is 0. The van der Waals surface area contributed by atoms with Crippen LogP contribution in [-0.2, 0) is 10.2 Å². The lowest BCUT2D eigenvalue weighted by Gasteiger charge is -2.28. The SMILES string of the molecule is CC[C@](C)(CCC=O)c1ccc(C)cc1. The minimum absolute atomic E-state index is 0.147. The molecule has 0 N–H and O–H groups in total. The highest BCUT2D eigenvalue weighted by molar-refractivity contribution is 5.49. The van der Waals surface area contributed by atoms with E-state index in [1.807, 2.05) is 0 Å². The van der Waals surface area contributed by atoms with Crippen molar-refractivity contribution in [2.45, 2.75) is 45.4 Å². The Labute approximate surface area is 92.5 Å². The Balaban J connectivity index is 2.89. The molecule has 1 nitrogen and oxygen atoms in total. The molecule has 0 amide bonds. The first-order valence-electron chi connectivity index (χ1n) is 5.63. The first-order valence-corrected chi connectivity index (χ1v) is 5.63. The second-order valence-corrected chi connectivity index (χ2v) is 4.49. The normalized spacial score (nSPS) is 14.6. The van der Waals surface area contributed by atoms with Gasteiger partial charge in [-0.1, -0.05) is 43.7 Å². The quantitative estimate of drug-likeness (QED) is 0.669. The van der Waals surface area contributed by atoms with Crippen LogP contribution in [0.3, 0.4) is 0 Å². The maximum Gasteiger partial charge on any atom is 0.120 e. The predicted molar refractivity (Wildman–Crippen MR) is 64.1 cm³/mol. The Morgan fingerprint density at radius 3 is 2.33 bits per heavy atom. The maximum absolute atomic E-state index is 10.5. The molecule has 0 fully saturated rings.